The SMILES string of the molecule is C=C1C=C2CCC3C(CCC4(C)C(C)CC[C@@H]34)C2(C)CC1. The summed E-state index contributed by atoms with van der Waals surface area (Å²) in [4.78, 5) is 0. The first kappa shape index (κ1) is 14.1. The molecule has 0 radical (unpaired) electrons. The van der Waals surface area contributed by atoms with E-state index in [1.807, 2.05) is 0 Å². The summed E-state index contributed by atoms with van der Waals surface area (Å²) in [5.74, 6) is 3.96. The predicted octanol–water partition coefficient (Wildman–Crippen LogP) is 6.14. The summed E-state index contributed by atoms with van der Waals surface area (Å²) in [6, 6.07) is 0. The van der Waals surface area contributed by atoms with Crippen molar-refractivity contribution in [1.29, 1.82) is 0 Å². The maximum atomic E-state index is 4.24. The second kappa shape index (κ2) is 4.49. The molecule has 0 aromatic heterocycles. The van der Waals surface area contributed by atoms with Crippen LogP contribution in [-0.2, 0) is 0 Å². The molecule has 5 unspecified atom stereocenters. The minimum Gasteiger partial charge on any atom is -0.0958 e. The van der Waals surface area contributed by atoms with Crippen LogP contribution in [-0.4, -0.2) is 0 Å². The summed E-state index contributed by atoms with van der Waals surface area (Å²) >= 11 is 0. The van der Waals surface area contributed by atoms with Crippen molar-refractivity contribution in [2.45, 2.75) is 72.1 Å². The smallest absolute Gasteiger partial charge is 0.00790 e. The Morgan fingerprint density at radius 1 is 1.00 bits per heavy atom. The van der Waals surface area contributed by atoms with Crippen LogP contribution >= 0.6 is 0 Å². The highest BCUT2D eigenvalue weighted by Crippen LogP contribution is 2.66. The molecule has 0 heteroatoms. The molecule has 116 valence electrons. The van der Waals surface area contributed by atoms with Crippen LogP contribution in [0.15, 0.2) is 23.8 Å². The molecule has 0 amide bonds. The zero-order chi connectivity index (χ0) is 14.8. The Labute approximate surface area is 131 Å². The molecule has 0 nitrogen and oxygen atoms in total. The van der Waals surface area contributed by atoms with Crippen LogP contribution in [0.4, 0.5) is 0 Å². The van der Waals surface area contributed by atoms with E-state index in [4.69, 9.17) is 0 Å². The topological polar surface area (TPSA) is 0 Å². The van der Waals surface area contributed by atoms with Crippen LogP contribution in [0.25, 0.3) is 0 Å². The maximum Gasteiger partial charge on any atom is -0.00790 e. The predicted molar refractivity (Wildman–Crippen MR) is 90.0 cm³/mol. The van der Waals surface area contributed by atoms with E-state index in [0.29, 0.717) is 10.8 Å². The lowest BCUT2D eigenvalue weighted by atomic mass is 9.47. The van der Waals surface area contributed by atoms with Gasteiger partial charge in [-0.2, -0.15) is 0 Å². The third-order valence-electron chi connectivity index (χ3n) is 8.55. The lowest BCUT2D eigenvalue weighted by Crippen LogP contribution is -2.49. The highest BCUT2D eigenvalue weighted by molar-refractivity contribution is 5.33. The van der Waals surface area contributed by atoms with Crippen molar-refractivity contribution in [1.82, 2.24) is 0 Å². The largest absolute Gasteiger partial charge is 0.0958 e. The fraction of sp³-hybridized carbons (Fsp3) is 0.810. The van der Waals surface area contributed by atoms with E-state index in [2.05, 4.69) is 33.4 Å². The van der Waals surface area contributed by atoms with E-state index < -0.39 is 0 Å². The normalized spacial score (nSPS) is 52.7. The number of allylic oxidation sites excluding steroid dienone is 3. The standard InChI is InChI=1S/C21H32/c1-14-9-11-21(4)16(13-14)6-7-17-18-8-5-15(2)20(18,3)12-10-19(17)21/h13,15,17-19H,1,5-12H2,2-4H3/t15?,17?,18-,19?,20?,21?/m0/s1. The molecule has 0 aliphatic heterocycles. The molecule has 4 aliphatic carbocycles. The van der Waals surface area contributed by atoms with Crippen molar-refractivity contribution in [3.8, 4) is 0 Å². The zero-order valence-electron chi connectivity index (χ0n) is 14.3. The number of hydrogen-bond acceptors (Lipinski definition) is 0. The number of fused-ring (bicyclic) bond motifs is 5. The van der Waals surface area contributed by atoms with E-state index in [1.54, 1.807) is 5.57 Å². The zero-order valence-corrected chi connectivity index (χ0v) is 14.3. The Hall–Kier alpha value is -0.520. The minimum atomic E-state index is 0.511. The van der Waals surface area contributed by atoms with Crippen molar-refractivity contribution in [2.24, 2.45) is 34.5 Å². The first-order valence-corrected chi connectivity index (χ1v) is 9.34. The Morgan fingerprint density at radius 3 is 2.62 bits per heavy atom. The Balaban J connectivity index is 1.69. The average molecular weight is 284 g/mol. The lowest BCUT2D eigenvalue weighted by molar-refractivity contribution is -0.0473. The molecule has 0 saturated heterocycles. The van der Waals surface area contributed by atoms with Crippen LogP contribution < -0.4 is 0 Å². The fourth-order valence-corrected chi connectivity index (χ4v) is 6.91. The summed E-state index contributed by atoms with van der Waals surface area (Å²) in [6.45, 7) is 12.0. The van der Waals surface area contributed by atoms with Gasteiger partial charge >= 0.3 is 0 Å². The van der Waals surface area contributed by atoms with Crippen LogP contribution in [0.3, 0.4) is 0 Å². The molecular weight excluding hydrogens is 252 g/mol. The van der Waals surface area contributed by atoms with Gasteiger partial charge in [0, 0.05) is 0 Å². The molecule has 0 aromatic carbocycles. The van der Waals surface area contributed by atoms with E-state index in [1.165, 1.54) is 56.9 Å². The highest BCUT2D eigenvalue weighted by atomic mass is 14.6. The summed E-state index contributed by atoms with van der Waals surface area (Å²) in [5, 5.41) is 0. The first-order chi connectivity index (χ1) is 9.95. The molecule has 21 heavy (non-hydrogen) atoms. The molecule has 3 fully saturated rings. The minimum absolute atomic E-state index is 0.511. The Morgan fingerprint density at radius 2 is 1.81 bits per heavy atom. The van der Waals surface area contributed by atoms with Gasteiger partial charge in [0.05, 0.1) is 0 Å². The first-order valence-electron chi connectivity index (χ1n) is 9.34. The molecule has 3 saturated carbocycles. The van der Waals surface area contributed by atoms with Gasteiger partial charge in [-0.1, -0.05) is 44.6 Å². The van der Waals surface area contributed by atoms with Crippen molar-refractivity contribution >= 4 is 0 Å². The van der Waals surface area contributed by atoms with Gasteiger partial charge in [0.15, 0.2) is 0 Å². The third kappa shape index (κ3) is 1.80. The molecular formula is C21H32. The van der Waals surface area contributed by atoms with Crippen molar-refractivity contribution in [3.05, 3.63) is 23.8 Å². The van der Waals surface area contributed by atoms with Gasteiger partial charge < -0.3 is 0 Å². The van der Waals surface area contributed by atoms with E-state index in [0.717, 1.165) is 23.7 Å². The second-order valence-electron chi connectivity index (χ2n) is 9.18. The van der Waals surface area contributed by atoms with Gasteiger partial charge in [0.25, 0.3) is 0 Å². The summed E-state index contributed by atoms with van der Waals surface area (Å²) < 4.78 is 0. The summed E-state index contributed by atoms with van der Waals surface area (Å²) in [5.41, 5.74) is 4.32. The average Bonchev–Trinajstić information content (AvgIpc) is 2.76. The van der Waals surface area contributed by atoms with Crippen LogP contribution in [0.1, 0.15) is 72.1 Å². The van der Waals surface area contributed by atoms with Gasteiger partial charge in [-0.15, -0.1) is 0 Å². The van der Waals surface area contributed by atoms with Crippen LogP contribution in [0, 0.1) is 34.5 Å². The van der Waals surface area contributed by atoms with Gasteiger partial charge in [0.2, 0.25) is 0 Å². The van der Waals surface area contributed by atoms with Crippen molar-refractivity contribution < 1.29 is 0 Å². The number of hydrogen-bond donors (Lipinski definition) is 0. The molecule has 0 aromatic rings. The fourth-order valence-electron chi connectivity index (χ4n) is 6.91. The van der Waals surface area contributed by atoms with E-state index >= 15 is 0 Å². The maximum absolute atomic E-state index is 4.24. The summed E-state index contributed by atoms with van der Waals surface area (Å²) in [7, 11) is 0. The van der Waals surface area contributed by atoms with Gasteiger partial charge in [-0.3, -0.25) is 0 Å². The van der Waals surface area contributed by atoms with Crippen molar-refractivity contribution in [2.75, 3.05) is 0 Å². The molecule has 6 atom stereocenters. The van der Waals surface area contributed by atoms with Gasteiger partial charge in [-0.05, 0) is 85.9 Å². The van der Waals surface area contributed by atoms with Gasteiger partial charge in [-0.25, -0.2) is 0 Å². The Bertz CT molecular complexity index is 498. The highest BCUT2D eigenvalue weighted by Gasteiger charge is 2.57. The van der Waals surface area contributed by atoms with Crippen molar-refractivity contribution in [3.63, 3.8) is 0 Å². The lowest BCUT2D eigenvalue weighted by Gasteiger charge is -2.58. The van der Waals surface area contributed by atoms with E-state index in [9.17, 15) is 0 Å². The monoisotopic (exact) mass is 284 g/mol. The van der Waals surface area contributed by atoms with Crippen LogP contribution in [0.5, 0.6) is 0 Å². The van der Waals surface area contributed by atoms with Gasteiger partial charge in [0.1, 0.15) is 0 Å². The summed E-state index contributed by atoms with van der Waals surface area (Å²) in [6.07, 6.45) is 13.9. The second-order valence-corrected chi connectivity index (χ2v) is 9.18. The Kier molecular flexibility index (Phi) is 3.02. The van der Waals surface area contributed by atoms with Crippen LogP contribution in [0.2, 0.25) is 0 Å². The quantitative estimate of drug-likeness (QED) is 0.501. The number of rotatable bonds is 0. The molecule has 0 bridgehead atoms. The molecule has 0 N–H and O–H groups in total. The molecule has 4 aliphatic rings. The molecule has 0 spiro atoms. The van der Waals surface area contributed by atoms with E-state index in [-0.39, 0.29) is 0 Å². The molecule has 4 rings (SSSR count). The molecule has 0 heterocycles. The third-order valence-corrected chi connectivity index (χ3v) is 8.55.